The fourth-order valence-electron chi connectivity index (χ4n) is 6.43. The molecule has 208 valence electrons. The van der Waals surface area contributed by atoms with Crippen LogP contribution in [0.5, 0.6) is 0 Å². The first kappa shape index (κ1) is 28.7. The average Bonchev–Trinajstić information content (AvgIpc) is 3.30. The molecule has 2 aliphatic rings. The number of nitrogens with zero attached hydrogens (tertiary/aromatic N) is 2. The number of hydrogen-bond acceptors (Lipinski definition) is 4. The summed E-state index contributed by atoms with van der Waals surface area (Å²) in [6, 6.07) is 14.0. The molecule has 2 aromatic carbocycles. The van der Waals surface area contributed by atoms with Crippen molar-refractivity contribution in [1.82, 2.24) is 9.80 Å². The third kappa shape index (κ3) is 6.99. The molecule has 0 amide bonds. The highest BCUT2D eigenvalue weighted by Gasteiger charge is 2.42. The van der Waals surface area contributed by atoms with Crippen LogP contribution >= 0.6 is 0 Å². The zero-order valence-electron chi connectivity index (χ0n) is 22.7. The van der Waals surface area contributed by atoms with E-state index in [2.05, 4.69) is 41.0 Å². The van der Waals surface area contributed by atoms with Crippen LogP contribution in [-0.4, -0.2) is 70.3 Å². The van der Waals surface area contributed by atoms with Crippen molar-refractivity contribution in [2.45, 2.75) is 69.9 Å². The normalized spacial score (nSPS) is 23.8. The summed E-state index contributed by atoms with van der Waals surface area (Å²) in [6.07, 6.45) is 4.17. The molecule has 7 heteroatoms. The van der Waals surface area contributed by atoms with Gasteiger partial charge >= 0.3 is 5.97 Å². The topological polar surface area (TPSA) is 64.0 Å². The van der Waals surface area contributed by atoms with Crippen molar-refractivity contribution >= 4 is 5.97 Å². The SMILES string of the molecule is CCC(C)C(C(=O)O)N1C[C@H](CN2CCC(O)(CCCc3ccc(F)c(F)c3)CC2)[C@@H](c2ccccc2)C1. The lowest BCUT2D eigenvalue weighted by atomic mass is 9.84. The molecular weight excluding hydrogens is 486 g/mol. The lowest BCUT2D eigenvalue weighted by Crippen LogP contribution is -2.47. The van der Waals surface area contributed by atoms with E-state index in [0.717, 1.165) is 57.2 Å². The minimum Gasteiger partial charge on any atom is -0.480 e. The highest BCUT2D eigenvalue weighted by molar-refractivity contribution is 5.74. The number of halogens is 2. The van der Waals surface area contributed by atoms with E-state index in [1.54, 1.807) is 6.07 Å². The summed E-state index contributed by atoms with van der Waals surface area (Å²) in [4.78, 5) is 16.8. The number of carboxylic acid groups (broad SMARTS) is 1. The number of piperidine rings is 1. The van der Waals surface area contributed by atoms with Crippen molar-refractivity contribution in [2.75, 3.05) is 32.7 Å². The number of aliphatic hydroxyl groups is 1. The van der Waals surface area contributed by atoms with E-state index in [0.29, 0.717) is 31.6 Å². The van der Waals surface area contributed by atoms with Gasteiger partial charge in [0.1, 0.15) is 6.04 Å². The monoisotopic (exact) mass is 528 g/mol. The van der Waals surface area contributed by atoms with E-state index in [-0.39, 0.29) is 11.8 Å². The maximum absolute atomic E-state index is 13.5. The third-order valence-electron chi connectivity index (χ3n) is 8.90. The molecule has 2 saturated heterocycles. The van der Waals surface area contributed by atoms with E-state index in [1.165, 1.54) is 11.6 Å². The Bertz CT molecular complexity index is 1060. The molecule has 2 unspecified atom stereocenters. The second kappa shape index (κ2) is 12.7. The molecule has 38 heavy (non-hydrogen) atoms. The first-order valence-corrected chi connectivity index (χ1v) is 14.1. The van der Waals surface area contributed by atoms with E-state index >= 15 is 0 Å². The van der Waals surface area contributed by atoms with Crippen molar-refractivity contribution in [1.29, 1.82) is 0 Å². The van der Waals surface area contributed by atoms with E-state index in [9.17, 15) is 23.8 Å². The minimum absolute atomic E-state index is 0.0825. The number of aliphatic carboxylic acids is 1. The molecule has 0 bridgehead atoms. The van der Waals surface area contributed by atoms with Crippen LogP contribution in [0.3, 0.4) is 0 Å². The van der Waals surface area contributed by atoms with Crippen LogP contribution in [0.4, 0.5) is 8.78 Å². The summed E-state index contributed by atoms with van der Waals surface area (Å²) >= 11 is 0. The summed E-state index contributed by atoms with van der Waals surface area (Å²) in [5.74, 6) is -1.72. The second-order valence-electron chi connectivity index (χ2n) is 11.5. The Morgan fingerprint density at radius 2 is 1.79 bits per heavy atom. The maximum atomic E-state index is 13.5. The number of hydrogen-bond donors (Lipinski definition) is 2. The molecule has 4 atom stereocenters. The molecule has 0 saturated carbocycles. The minimum atomic E-state index is -0.835. The fraction of sp³-hybridized carbons (Fsp3) is 0.581. The third-order valence-corrected chi connectivity index (χ3v) is 8.90. The van der Waals surface area contributed by atoms with Crippen molar-refractivity contribution < 1.29 is 23.8 Å². The Labute approximate surface area is 225 Å². The number of carbonyl (C=O) groups is 1. The van der Waals surface area contributed by atoms with Gasteiger partial charge in [-0.05, 0) is 67.2 Å². The Morgan fingerprint density at radius 1 is 1.08 bits per heavy atom. The van der Waals surface area contributed by atoms with Crippen molar-refractivity contribution in [3.05, 3.63) is 71.3 Å². The molecule has 2 heterocycles. The maximum Gasteiger partial charge on any atom is 0.321 e. The molecule has 5 nitrogen and oxygen atoms in total. The largest absolute Gasteiger partial charge is 0.480 e. The molecule has 2 aromatic rings. The van der Waals surface area contributed by atoms with Gasteiger partial charge in [0, 0.05) is 38.6 Å². The summed E-state index contributed by atoms with van der Waals surface area (Å²) in [6.45, 7) is 8.07. The van der Waals surface area contributed by atoms with Gasteiger partial charge in [-0.25, -0.2) is 8.78 Å². The quantitative estimate of drug-likeness (QED) is 0.413. The summed E-state index contributed by atoms with van der Waals surface area (Å²) in [5, 5.41) is 21.2. The zero-order chi connectivity index (χ0) is 27.3. The molecule has 4 rings (SSSR count). The number of rotatable bonds is 11. The van der Waals surface area contributed by atoms with Gasteiger partial charge in [-0.1, -0.05) is 56.7 Å². The van der Waals surface area contributed by atoms with Crippen LogP contribution in [0.2, 0.25) is 0 Å². The highest BCUT2D eigenvalue weighted by atomic mass is 19.2. The molecule has 0 spiro atoms. The molecule has 0 radical (unpaired) electrons. The highest BCUT2D eigenvalue weighted by Crippen LogP contribution is 2.37. The Morgan fingerprint density at radius 3 is 2.42 bits per heavy atom. The predicted octanol–water partition coefficient (Wildman–Crippen LogP) is 5.33. The standard InChI is InChI=1S/C31H42F2N2O3/c1-3-22(2)29(30(36)37)35-20-25(26(21-35)24-9-5-4-6-10-24)19-34-16-14-31(38,15-17-34)13-7-8-23-11-12-27(32)28(33)18-23/h4-6,9-12,18,22,25-26,29,38H,3,7-8,13-17,19-21H2,1-2H3,(H,36,37)/t22?,25-,26+,29?/m0/s1. The molecule has 2 N–H and O–H groups in total. The Hall–Kier alpha value is -2.35. The zero-order valence-corrected chi connectivity index (χ0v) is 22.7. The average molecular weight is 529 g/mol. The van der Waals surface area contributed by atoms with Crippen LogP contribution < -0.4 is 0 Å². The van der Waals surface area contributed by atoms with Gasteiger partial charge < -0.3 is 15.1 Å². The lowest BCUT2D eigenvalue weighted by Gasteiger charge is -2.40. The summed E-state index contributed by atoms with van der Waals surface area (Å²) in [7, 11) is 0. The summed E-state index contributed by atoms with van der Waals surface area (Å²) in [5.41, 5.74) is 1.28. The summed E-state index contributed by atoms with van der Waals surface area (Å²) < 4.78 is 26.7. The molecule has 0 aromatic heterocycles. The number of carboxylic acids is 1. The number of aryl methyl sites for hydroxylation is 1. The van der Waals surface area contributed by atoms with E-state index in [1.807, 2.05) is 13.0 Å². The van der Waals surface area contributed by atoms with Crippen molar-refractivity contribution in [3.8, 4) is 0 Å². The van der Waals surface area contributed by atoms with Gasteiger partial charge in [0.05, 0.1) is 5.60 Å². The Kier molecular flexibility index (Phi) is 9.55. The van der Waals surface area contributed by atoms with E-state index in [4.69, 9.17) is 0 Å². The molecule has 0 aliphatic carbocycles. The van der Waals surface area contributed by atoms with Crippen LogP contribution in [0.15, 0.2) is 48.5 Å². The molecular formula is C31H42F2N2O3. The number of benzene rings is 2. The van der Waals surface area contributed by atoms with Crippen LogP contribution in [-0.2, 0) is 11.2 Å². The van der Waals surface area contributed by atoms with Gasteiger partial charge in [0.2, 0.25) is 0 Å². The second-order valence-corrected chi connectivity index (χ2v) is 11.5. The van der Waals surface area contributed by atoms with Crippen LogP contribution in [0.25, 0.3) is 0 Å². The van der Waals surface area contributed by atoms with Crippen molar-refractivity contribution in [2.24, 2.45) is 11.8 Å². The Balaban J connectivity index is 1.34. The van der Waals surface area contributed by atoms with E-state index < -0.39 is 29.2 Å². The lowest BCUT2D eigenvalue weighted by molar-refractivity contribution is -0.145. The fourth-order valence-corrected chi connectivity index (χ4v) is 6.43. The van der Waals surface area contributed by atoms with Gasteiger partial charge in [0.15, 0.2) is 11.6 Å². The smallest absolute Gasteiger partial charge is 0.321 e. The predicted molar refractivity (Wildman–Crippen MR) is 145 cm³/mol. The van der Waals surface area contributed by atoms with Gasteiger partial charge in [-0.3, -0.25) is 9.69 Å². The first-order chi connectivity index (χ1) is 18.2. The van der Waals surface area contributed by atoms with Crippen molar-refractivity contribution in [3.63, 3.8) is 0 Å². The van der Waals surface area contributed by atoms with Gasteiger partial charge in [-0.2, -0.15) is 0 Å². The first-order valence-electron chi connectivity index (χ1n) is 14.1. The van der Waals surface area contributed by atoms with Crippen LogP contribution in [0.1, 0.15) is 63.0 Å². The molecule has 2 fully saturated rings. The molecule has 2 aliphatic heterocycles. The van der Waals surface area contributed by atoms with Gasteiger partial charge in [-0.15, -0.1) is 0 Å². The van der Waals surface area contributed by atoms with Crippen LogP contribution in [0, 0.1) is 23.5 Å². The number of likely N-dealkylation sites (tertiary alicyclic amines) is 2. The van der Waals surface area contributed by atoms with Gasteiger partial charge in [0.25, 0.3) is 0 Å².